The predicted molar refractivity (Wildman–Crippen MR) is 73.3 cm³/mol. The Morgan fingerprint density at radius 3 is 3.17 bits per heavy atom. The summed E-state index contributed by atoms with van der Waals surface area (Å²) in [6.07, 6.45) is 6.59. The number of pyridine rings is 1. The average molecular weight is 244 g/mol. The second-order valence-electron chi connectivity index (χ2n) is 5.42. The molecule has 3 rings (SSSR count). The van der Waals surface area contributed by atoms with E-state index in [1.165, 1.54) is 31.6 Å². The van der Waals surface area contributed by atoms with Crippen LogP contribution in [0.25, 0.3) is 5.65 Å². The first-order valence-corrected chi connectivity index (χ1v) is 6.66. The maximum atomic E-state index is 5.84. The normalized spacial score (nSPS) is 21.5. The third kappa shape index (κ3) is 2.20. The molecule has 3 heterocycles. The van der Waals surface area contributed by atoms with Crippen molar-refractivity contribution in [2.45, 2.75) is 26.3 Å². The SMILES string of the molecule is CC1CCCN(Cc2cnc3ccc(N)cn23)C1. The van der Waals surface area contributed by atoms with Crippen LogP contribution in [0.2, 0.25) is 0 Å². The number of piperidine rings is 1. The number of hydrogen-bond acceptors (Lipinski definition) is 3. The number of anilines is 1. The molecule has 1 saturated heterocycles. The first-order chi connectivity index (χ1) is 8.72. The van der Waals surface area contributed by atoms with Gasteiger partial charge in [0.05, 0.1) is 11.9 Å². The maximum absolute atomic E-state index is 5.84. The summed E-state index contributed by atoms with van der Waals surface area (Å²) in [4.78, 5) is 6.94. The van der Waals surface area contributed by atoms with Crippen molar-refractivity contribution in [3.05, 3.63) is 30.2 Å². The lowest BCUT2D eigenvalue weighted by molar-refractivity contribution is 0.174. The topological polar surface area (TPSA) is 46.6 Å². The summed E-state index contributed by atoms with van der Waals surface area (Å²) in [6, 6.07) is 3.87. The fraction of sp³-hybridized carbons (Fsp3) is 0.500. The van der Waals surface area contributed by atoms with E-state index >= 15 is 0 Å². The van der Waals surface area contributed by atoms with Crippen molar-refractivity contribution >= 4 is 11.3 Å². The Hall–Kier alpha value is -1.55. The van der Waals surface area contributed by atoms with E-state index in [2.05, 4.69) is 21.2 Å². The van der Waals surface area contributed by atoms with Crippen molar-refractivity contribution in [2.75, 3.05) is 18.8 Å². The van der Waals surface area contributed by atoms with Crippen LogP contribution in [0, 0.1) is 5.92 Å². The van der Waals surface area contributed by atoms with Crippen molar-refractivity contribution < 1.29 is 0 Å². The summed E-state index contributed by atoms with van der Waals surface area (Å²) < 4.78 is 2.11. The minimum Gasteiger partial charge on any atom is -0.398 e. The van der Waals surface area contributed by atoms with Crippen LogP contribution in [0.4, 0.5) is 5.69 Å². The van der Waals surface area contributed by atoms with E-state index < -0.39 is 0 Å². The summed E-state index contributed by atoms with van der Waals surface area (Å²) >= 11 is 0. The number of nitrogens with two attached hydrogens (primary N) is 1. The highest BCUT2D eigenvalue weighted by molar-refractivity contribution is 5.48. The maximum Gasteiger partial charge on any atom is 0.137 e. The van der Waals surface area contributed by atoms with E-state index in [4.69, 9.17) is 5.73 Å². The molecule has 4 nitrogen and oxygen atoms in total. The fourth-order valence-electron chi connectivity index (χ4n) is 2.82. The highest BCUT2D eigenvalue weighted by Gasteiger charge is 2.17. The largest absolute Gasteiger partial charge is 0.398 e. The van der Waals surface area contributed by atoms with Gasteiger partial charge in [0.15, 0.2) is 0 Å². The lowest BCUT2D eigenvalue weighted by atomic mass is 10.0. The van der Waals surface area contributed by atoms with Gasteiger partial charge in [0, 0.05) is 25.0 Å². The number of hydrogen-bond donors (Lipinski definition) is 1. The van der Waals surface area contributed by atoms with Crippen molar-refractivity contribution in [2.24, 2.45) is 5.92 Å². The van der Waals surface area contributed by atoms with Crippen molar-refractivity contribution in [1.29, 1.82) is 0 Å². The Labute approximate surface area is 107 Å². The van der Waals surface area contributed by atoms with Crippen molar-refractivity contribution in [3.63, 3.8) is 0 Å². The molecule has 1 aliphatic heterocycles. The molecule has 0 aliphatic carbocycles. The van der Waals surface area contributed by atoms with E-state index in [-0.39, 0.29) is 0 Å². The van der Waals surface area contributed by atoms with Gasteiger partial charge in [-0.1, -0.05) is 6.92 Å². The molecule has 0 bridgehead atoms. The zero-order valence-corrected chi connectivity index (χ0v) is 10.8. The summed E-state index contributed by atoms with van der Waals surface area (Å²) in [5, 5.41) is 0. The van der Waals surface area contributed by atoms with E-state index in [0.717, 1.165) is 23.8 Å². The van der Waals surface area contributed by atoms with Gasteiger partial charge in [0.2, 0.25) is 0 Å². The number of aromatic nitrogens is 2. The molecule has 0 saturated carbocycles. The molecule has 1 aliphatic rings. The number of nitrogen functional groups attached to an aromatic ring is 1. The number of imidazole rings is 1. The van der Waals surface area contributed by atoms with Gasteiger partial charge in [0.1, 0.15) is 5.65 Å². The molecule has 4 heteroatoms. The summed E-state index contributed by atoms with van der Waals surface area (Å²) in [5.41, 5.74) is 8.84. The minimum absolute atomic E-state index is 0.786. The summed E-state index contributed by atoms with van der Waals surface area (Å²) in [5.74, 6) is 0.808. The van der Waals surface area contributed by atoms with Crippen LogP contribution in [0.5, 0.6) is 0 Å². The quantitative estimate of drug-likeness (QED) is 0.880. The number of fused-ring (bicyclic) bond motifs is 1. The molecule has 0 spiro atoms. The zero-order chi connectivity index (χ0) is 12.5. The second-order valence-corrected chi connectivity index (χ2v) is 5.42. The van der Waals surface area contributed by atoms with Gasteiger partial charge < -0.3 is 10.1 Å². The van der Waals surface area contributed by atoms with E-state index in [1.807, 2.05) is 24.5 Å². The predicted octanol–water partition coefficient (Wildman–Crippen LogP) is 2.15. The third-order valence-electron chi connectivity index (χ3n) is 3.73. The fourth-order valence-corrected chi connectivity index (χ4v) is 2.82. The Balaban J connectivity index is 1.83. The van der Waals surface area contributed by atoms with Crippen molar-refractivity contribution in [3.8, 4) is 0 Å². The molecule has 1 atom stereocenters. The molecular weight excluding hydrogens is 224 g/mol. The van der Waals surface area contributed by atoms with E-state index in [0.29, 0.717) is 0 Å². The van der Waals surface area contributed by atoms with E-state index in [1.54, 1.807) is 0 Å². The Morgan fingerprint density at radius 1 is 1.44 bits per heavy atom. The zero-order valence-electron chi connectivity index (χ0n) is 10.8. The Bertz CT molecular complexity index is 546. The molecule has 1 unspecified atom stereocenters. The molecule has 2 aromatic rings. The molecule has 1 fully saturated rings. The lowest BCUT2D eigenvalue weighted by Crippen LogP contribution is -2.34. The molecule has 0 radical (unpaired) electrons. The van der Waals surface area contributed by atoms with Crippen LogP contribution in [0.1, 0.15) is 25.5 Å². The van der Waals surface area contributed by atoms with Crippen LogP contribution in [-0.4, -0.2) is 27.4 Å². The standard InChI is InChI=1S/C14H20N4/c1-11-3-2-6-17(8-11)10-13-7-16-14-5-4-12(15)9-18(13)14/h4-5,7,9,11H,2-3,6,8,10,15H2,1H3. The van der Waals surface area contributed by atoms with Gasteiger partial charge in [-0.2, -0.15) is 0 Å². The molecule has 2 aromatic heterocycles. The van der Waals surface area contributed by atoms with Gasteiger partial charge in [-0.3, -0.25) is 4.90 Å². The Morgan fingerprint density at radius 2 is 2.33 bits per heavy atom. The first kappa shape index (κ1) is 11.5. The molecule has 0 amide bonds. The van der Waals surface area contributed by atoms with Gasteiger partial charge >= 0.3 is 0 Å². The average Bonchev–Trinajstić information content (AvgIpc) is 2.72. The van der Waals surface area contributed by atoms with Crippen LogP contribution >= 0.6 is 0 Å². The van der Waals surface area contributed by atoms with Gasteiger partial charge in [-0.15, -0.1) is 0 Å². The highest BCUT2D eigenvalue weighted by atomic mass is 15.2. The number of rotatable bonds is 2. The first-order valence-electron chi connectivity index (χ1n) is 6.66. The van der Waals surface area contributed by atoms with E-state index in [9.17, 15) is 0 Å². The number of likely N-dealkylation sites (tertiary alicyclic amines) is 1. The van der Waals surface area contributed by atoms with Gasteiger partial charge in [-0.25, -0.2) is 4.98 Å². The highest BCUT2D eigenvalue weighted by Crippen LogP contribution is 2.18. The van der Waals surface area contributed by atoms with Crippen LogP contribution in [0.3, 0.4) is 0 Å². The second kappa shape index (κ2) is 4.61. The number of nitrogens with zero attached hydrogens (tertiary/aromatic N) is 3. The monoisotopic (exact) mass is 244 g/mol. The van der Waals surface area contributed by atoms with Gasteiger partial charge in [-0.05, 0) is 37.4 Å². The van der Waals surface area contributed by atoms with Crippen molar-refractivity contribution in [1.82, 2.24) is 14.3 Å². The summed E-state index contributed by atoms with van der Waals surface area (Å²) in [7, 11) is 0. The molecule has 2 N–H and O–H groups in total. The lowest BCUT2D eigenvalue weighted by Gasteiger charge is -2.30. The Kier molecular flexibility index (Phi) is 2.96. The minimum atomic E-state index is 0.786. The third-order valence-corrected chi connectivity index (χ3v) is 3.73. The molecule has 0 aromatic carbocycles. The van der Waals surface area contributed by atoms with Crippen LogP contribution in [-0.2, 0) is 6.54 Å². The van der Waals surface area contributed by atoms with Crippen LogP contribution < -0.4 is 5.73 Å². The molecule has 18 heavy (non-hydrogen) atoms. The molecule has 96 valence electrons. The smallest absolute Gasteiger partial charge is 0.137 e. The summed E-state index contributed by atoms with van der Waals surface area (Å²) in [6.45, 7) is 5.68. The molecular formula is C14H20N4. The van der Waals surface area contributed by atoms with Crippen LogP contribution in [0.15, 0.2) is 24.5 Å². The van der Waals surface area contributed by atoms with Gasteiger partial charge in [0.25, 0.3) is 0 Å².